The predicted molar refractivity (Wildman–Crippen MR) is 92.0 cm³/mol. The number of benzene rings is 1. The lowest BCUT2D eigenvalue weighted by Crippen LogP contribution is -2.44. The molecule has 2 N–H and O–H groups in total. The average molecular weight is 346 g/mol. The Kier molecular flexibility index (Phi) is 6.16. The van der Waals surface area contributed by atoms with E-state index in [-0.39, 0.29) is 12.5 Å². The van der Waals surface area contributed by atoms with Gasteiger partial charge in [0.25, 0.3) is 5.91 Å². The zero-order valence-electron chi connectivity index (χ0n) is 14.5. The summed E-state index contributed by atoms with van der Waals surface area (Å²) >= 11 is 0. The second kappa shape index (κ2) is 8.32. The summed E-state index contributed by atoms with van der Waals surface area (Å²) in [7, 11) is 0. The van der Waals surface area contributed by atoms with Gasteiger partial charge in [-0.15, -0.1) is 0 Å². The van der Waals surface area contributed by atoms with Crippen LogP contribution < -0.4 is 10.6 Å². The minimum Gasteiger partial charge on any atom is -0.464 e. The minimum atomic E-state index is -0.679. The van der Waals surface area contributed by atoms with Gasteiger partial charge in [-0.2, -0.15) is 0 Å². The first-order valence-electron chi connectivity index (χ1n) is 8.11. The average Bonchev–Trinajstić information content (AvgIpc) is 2.94. The fourth-order valence-electron chi connectivity index (χ4n) is 2.20. The molecule has 2 rings (SSSR count). The number of rotatable bonds is 6. The molecule has 134 valence electrons. The van der Waals surface area contributed by atoms with E-state index in [4.69, 9.17) is 9.15 Å². The van der Waals surface area contributed by atoms with Crippen LogP contribution in [0, 0.1) is 6.92 Å². The molecular formula is C18H22N2O5. The maximum Gasteiger partial charge on any atom is 0.321 e. The fraction of sp³-hybridized carbons (Fsp3) is 0.389. The van der Waals surface area contributed by atoms with Crippen molar-refractivity contribution in [2.24, 2.45) is 0 Å². The number of hydrogen-bond donors (Lipinski definition) is 2. The Morgan fingerprint density at radius 1 is 1.28 bits per heavy atom. The van der Waals surface area contributed by atoms with Crippen molar-refractivity contribution in [3.05, 3.63) is 35.6 Å². The van der Waals surface area contributed by atoms with Crippen LogP contribution in [0.5, 0.6) is 0 Å². The highest BCUT2D eigenvalue weighted by molar-refractivity contribution is 5.95. The second-order valence-electron chi connectivity index (χ2n) is 5.93. The van der Waals surface area contributed by atoms with Gasteiger partial charge in [0.05, 0.1) is 12.7 Å². The van der Waals surface area contributed by atoms with Crippen LogP contribution >= 0.6 is 0 Å². The molecule has 0 saturated carbocycles. The van der Waals surface area contributed by atoms with E-state index in [1.807, 2.05) is 39.0 Å². The molecular weight excluding hydrogens is 324 g/mol. The molecule has 0 aliphatic heterocycles. The molecule has 7 heteroatoms. The number of carbonyl (C=O) groups excluding carboxylic acids is 3. The third kappa shape index (κ3) is 5.34. The summed E-state index contributed by atoms with van der Waals surface area (Å²) < 4.78 is 10.3. The van der Waals surface area contributed by atoms with Crippen LogP contribution in [-0.2, 0) is 20.7 Å². The summed E-state index contributed by atoms with van der Waals surface area (Å²) in [6.07, 6.45) is 2.24. The highest BCUT2D eigenvalue weighted by atomic mass is 16.5. The van der Waals surface area contributed by atoms with Gasteiger partial charge < -0.3 is 14.5 Å². The van der Waals surface area contributed by atoms with Crippen LogP contribution in [-0.4, -0.2) is 30.6 Å². The summed E-state index contributed by atoms with van der Waals surface area (Å²) in [5.74, 6) is -1.25. The molecule has 1 aromatic heterocycles. The van der Waals surface area contributed by atoms with E-state index in [0.29, 0.717) is 11.1 Å². The Labute approximate surface area is 145 Å². The molecule has 0 aliphatic rings. The topological polar surface area (TPSA) is 97.6 Å². The van der Waals surface area contributed by atoms with E-state index in [1.165, 1.54) is 6.26 Å². The van der Waals surface area contributed by atoms with E-state index in [9.17, 15) is 14.4 Å². The zero-order valence-corrected chi connectivity index (χ0v) is 14.5. The predicted octanol–water partition coefficient (Wildman–Crippen LogP) is 2.45. The van der Waals surface area contributed by atoms with Crippen molar-refractivity contribution < 1.29 is 23.5 Å². The van der Waals surface area contributed by atoms with E-state index in [0.717, 1.165) is 17.4 Å². The number of aryl methyl sites for hydroxylation is 1. The smallest absolute Gasteiger partial charge is 0.321 e. The number of amides is 3. The molecule has 0 saturated heterocycles. The number of ether oxygens (including phenoxy) is 1. The first kappa shape index (κ1) is 18.5. The Morgan fingerprint density at radius 3 is 2.76 bits per heavy atom. The third-order valence-corrected chi connectivity index (χ3v) is 3.75. The SMILES string of the molecule is CC[C@H](C)NC(=O)NC(=O)COC(=O)Cc1coc2cc(C)ccc12. The van der Waals surface area contributed by atoms with Crippen LogP contribution in [0.15, 0.2) is 28.9 Å². The van der Waals surface area contributed by atoms with Crippen LogP contribution in [0.1, 0.15) is 31.4 Å². The maximum atomic E-state index is 11.9. The summed E-state index contributed by atoms with van der Waals surface area (Å²) in [5, 5.41) is 5.53. The van der Waals surface area contributed by atoms with Crippen molar-refractivity contribution in [3.8, 4) is 0 Å². The van der Waals surface area contributed by atoms with Gasteiger partial charge in [0, 0.05) is 17.0 Å². The van der Waals surface area contributed by atoms with Crippen LogP contribution in [0.25, 0.3) is 11.0 Å². The Bertz CT molecular complexity index is 781. The Balaban J connectivity index is 1.82. The van der Waals surface area contributed by atoms with Crippen molar-refractivity contribution >= 4 is 28.9 Å². The maximum absolute atomic E-state index is 11.9. The molecule has 0 aliphatic carbocycles. The lowest BCUT2D eigenvalue weighted by molar-refractivity contribution is -0.147. The largest absolute Gasteiger partial charge is 0.464 e. The molecule has 2 aromatic rings. The number of urea groups is 1. The van der Waals surface area contributed by atoms with Crippen molar-refractivity contribution in [1.29, 1.82) is 0 Å². The molecule has 0 bridgehead atoms. The molecule has 1 heterocycles. The molecule has 0 fully saturated rings. The molecule has 1 atom stereocenters. The van der Waals surface area contributed by atoms with Gasteiger partial charge in [-0.25, -0.2) is 4.79 Å². The molecule has 0 radical (unpaired) electrons. The minimum absolute atomic E-state index is 0.0115. The van der Waals surface area contributed by atoms with Crippen LogP contribution in [0.3, 0.4) is 0 Å². The monoisotopic (exact) mass is 346 g/mol. The summed E-state index contributed by atoms with van der Waals surface area (Å²) in [6.45, 7) is 5.17. The summed E-state index contributed by atoms with van der Waals surface area (Å²) in [6, 6.07) is 5.03. The number of fused-ring (bicyclic) bond motifs is 1. The quantitative estimate of drug-likeness (QED) is 0.783. The Hall–Kier alpha value is -2.83. The number of nitrogens with one attached hydrogen (secondary N) is 2. The van der Waals surface area contributed by atoms with E-state index < -0.39 is 24.5 Å². The van der Waals surface area contributed by atoms with Gasteiger partial charge >= 0.3 is 12.0 Å². The molecule has 0 unspecified atom stereocenters. The van der Waals surface area contributed by atoms with E-state index in [2.05, 4.69) is 10.6 Å². The van der Waals surface area contributed by atoms with Crippen molar-refractivity contribution in [1.82, 2.24) is 10.6 Å². The third-order valence-electron chi connectivity index (χ3n) is 3.75. The van der Waals surface area contributed by atoms with Crippen molar-refractivity contribution in [3.63, 3.8) is 0 Å². The second-order valence-corrected chi connectivity index (χ2v) is 5.93. The normalized spacial score (nSPS) is 11.8. The molecule has 3 amide bonds. The first-order valence-corrected chi connectivity index (χ1v) is 8.11. The van der Waals surface area contributed by atoms with Gasteiger partial charge in [-0.3, -0.25) is 14.9 Å². The lowest BCUT2D eigenvalue weighted by Gasteiger charge is -2.11. The van der Waals surface area contributed by atoms with E-state index in [1.54, 1.807) is 0 Å². The van der Waals surface area contributed by atoms with Crippen molar-refractivity contribution in [2.45, 2.75) is 39.7 Å². The lowest BCUT2D eigenvalue weighted by atomic mass is 10.1. The summed E-state index contributed by atoms with van der Waals surface area (Å²) in [4.78, 5) is 35.0. The standard InChI is InChI=1S/C18H22N2O5/c1-4-12(3)19-18(23)20-16(21)10-25-17(22)8-13-9-24-15-7-11(2)5-6-14(13)15/h5-7,9,12H,4,8,10H2,1-3H3,(H2,19,20,21,23)/t12-/m0/s1. The van der Waals surface area contributed by atoms with Gasteiger partial charge in [0.2, 0.25) is 0 Å². The molecule has 1 aromatic carbocycles. The Morgan fingerprint density at radius 2 is 2.04 bits per heavy atom. The van der Waals surface area contributed by atoms with Gasteiger partial charge in [0.1, 0.15) is 5.58 Å². The van der Waals surface area contributed by atoms with Gasteiger partial charge in [-0.1, -0.05) is 19.1 Å². The number of imide groups is 1. The first-order chi connectivity index (χ1) is 11.9. The fourth-order valence-corrected chi connectivity index (χ4v) is 2.20. The number of furan rings is 1. The molecule has 0 spiro atoms. The van der Waals surface area contributed by atoms with E-state index >= 15 is 0 Å². The number of esters is 1. The highest BCUT2D eigenvalue weighted by Gasteiger charge is 2.15. The number of carbonyl (C=O) groups is 3. The van der Waals surface area contributed by atoms with Crippen LogP contribution in [0.4, 0.5) is 4.79 Å². The highest BCUT2D eigenvalue weighted by Crippen LogP contribution is 2.22. The molecule has 7 nitrogen and oxygen atoms in total. The van der Waals surface area contributed by atoms with Gasteiger partial charge in [0.15, 0.2) is 6.61 Å². The zero-order chi connectivity index (χ0) is 18.4. The van der Waals surface area contributed by atoms with Crippen molar-refractivity contribution in [2.75, 3.05) is 6.61 Å². The summed E-state index contributed by atoms with van der Waals surface area (Å²) in [5.41, 5.74) is 2.44. The number of hydrogen-bond acceptors (Lipinski definition) is 5. The van der Waals surface area contributed by atoms with Crippen LogP contribution in [0.2, 0.25) is 0 Å². The van der Waals surface area contributed by atoms with Gasteiger partial charge in [-0.05, 0) is 31.9 Å². The molecule has 25 heavy (non-hydrogen) atoms.